The van der Waals surface area contributed by atoms with E-state index in [0.717, 1.165) is 44.2 Å². The molecule has 2 aromatic heterocycles. The SMILES string of the molecule is COCc1ccc(-c2ccc(C)c3[nH]c4ncc(C)cc4c23)cc1S(N)(=O)=O. The molecule has 0 saturated heterocycles. The van der Waals surface area contributed by atoms with Gasteiger partial charge in [0.15, 0.2) is 0 Å². The smallest absolute Gasteiger partial charge is 0.238 e. The lowest BCUT2D eigenvalue weighted by Gasteiger charge is -2.12. The predicted octanol–water partition coefficient (Wildman–Crippen LogP) is 3.79. The van der Waals surface area contributed by atoms with Crippen molar-refractivity contribution in [2.75, 3.05) is 7.11 Å². The fourth-order valence-electron chi connectivity index (χ4n) is 3.63. The summed E-state index contributed by atoms with van der Waals surface area (Å²) in [5.74, 6) is 0. The zero-order chi connectivity index (χ0) is 20.1. The monoisotopic (exact) mass is 395 g/mol. The molecule has 0 fully saturated rings. The average Bonchev–Trinajstić information content (AvgIpc) is 3.02. The molecule has 0 unspecified atom stereocenters. The Balaban J connectivity index is 2.06. The van der Waals surface area contributed by atoms with E-state index in [2.05, 4.69) is 16.0 Å². The fraction of sp³-hybridized carbons (Fsp3) is 0.190. The second-order valence-electron chi connectivity index (χ2n) is 7.01. The van der Waals surface area contributed by atoms with E-state index in [9.17, 15) is 8.42 Å². The van der Waals surface area contributed by atoms with Crippen molar-refractivity contribution in [2.24, 2.45) is 5.14 Å². The van der Waals surface area contributed by atoms with Crippen molar-refractivity contribution in [2.45, 2.75) is 25.3 Å². The number of H-pyrrole nitrogens is 1. The van der Waals surface area contributed by atoms with E-state index in [1.165, 1.54) is 7.11 Å². The van der Waals surface area contributed by atoms with Gasteiger partial charge >= 0.3 is 0 Å². The quantitative estimate of drug-likeness (QED) is 0.549. The van der Waals surface area contributed by atoms with E-state index in [1.54, 1.807) is 12.1 Å². The van der Waals surface area contributed by atoms with Crippen LogP contribution in [0.5, 0.6) is 0 Å². The molecule has 4 rings (SSSR count). The lowest BCUT2D eigenvalue weighted by atomic mass is 9.97. The van der Waals surface area contributed by atoms with Crippen LogP contribution >= 0.6 is 0 Å². The number of aromatic nitrogens is 2. The molecule has 0 spiro atoms. The second-order valence-corrected chi connectivity index (χ2v) is 8.54. The number of nitrogens with two attached hydrogens (primary N) is 1. The molecule has 0 aliphatic carbocycles. The number of hydrogen-bond acceptors (Lipinski definition) is 4. The van der Waals surface area contributed by atoms with Crippen LogP contribution in [-0.4, -0.2) is 25.5 Å². The summed E-state index contributed by atoms with van der Waals surface area (Å²) in [6, 6.07) is 11.4. The zero-order valence-electron chi connectivity index (χ0n) is 15.9. The largest absolute Gasteiger partial charge is 0.380 e. The molecule has 28 heavy (non-hydrogen) atoms. The first-order chi connectivity index (χ1) is 13.3. The summed E-state index contributed by atoms with van der Waals surface area (Å²) in [7, 11) is -2.36. The van der Waals surface area contributed by atoms with Crippen molar-refractivity contribution in [1.82, 2.24) is 9.97 Å². The van der Waals surface area contributed by atoms with Gasteiger partial charge in [-0.15, -0.1) is 0 Å². The number of aryl methyl sites for hydroxylation is 2. The number of nitrogens with zero attached hydrogens (tertiary/aromatic N) is 1. The maximum Gasteiger partial charge on any atom is 0.238 e. The standard InChI is InChI=1S/C21H21N3O3S/c1-12-8-17-19-16(7-4-13(2)20(19)24-21(17)23-10-12)14-5-6-15(11-27-3)18(9-14)28(22,25)26/h4-10H,11H2,1-3H3,(H,23,24)(H2,22,25,26). The molecule has 0 aliphatic heterocycles. The Morgan fingerprint density at radius 2 is 1.93 bits per heavy atom. The first kappa shape index (κ1) is 18.6. The van der Waals surface area contributed by atoms with Crippen molar-refractivity contribution >= 4 is 32.0 Å². The number of nitrogens with one attached hydrogen (secondary N) is 1. The van der Waals surface area contributed by atoms with Gasteiger partial charge in [-0.25, -0.2) is 18.5 Å². The van der Waals surface area contributed by atoms with Gasteiger partial charge in [0.2, 0.25) is 10.0 Å². The van der Waals surface area contributed by atoms with Crippen LogP contribution in [0, 0.1) is 13.8 Å². The maximum absolute atomic E-state index is 12.1. The first-order valence-electron chi connectivity index (χ1n) is 8.82. The number of benzene rings is 2. The van der Waals surface area contributed by atoms with E-state index < -0.39 is 10.0 Å². The molecule has 0 aliphatic rings. The van der Waals surface area contributed by atoms with E-state index in [-0.39, 0.29) is 11.5 Å². The maximum atomic E-state index is 12.1. The number of hydrogen-bond donors (Lipinski definition) is 2. The summed E-state index contributed by atoms with van der Waals surface area (Å²) < 4.78 is 29.4. The predicted molar refractivity (Wildman–Crippen MR) is 111 cm³/mol. The van der Waals surface area contributed by atoms with Gasteiger partial charge in [-0.1, -0.05) is 24.3 Å². The molecule has 2 aromatic carbocycles. The van der Waals surface area contributed by atoms with Crippen molar-refractivity contribution in [3.63, 3.8) is 0 Å². The molecule has 6 nitrogen and oxygen atoms in total. The number of methoxy groups -OCH3 is 1. The van der Waals surface area contributed by atoms with Gasteiger partial charge in [0.05, 0.1) is 17.0 Å². The molecule has 7 heteroatoms. The molecule has 144 valence electrons. The minimum Gasteiger partial charge on any atom is -0.380 e. The van der Waals surface area contributed by atoms with Crippen LogP contribution in [-0.2, 0) is 21.4 Å². The molecular formula is C21H21N3O3S. The molecule has 0 radical (unpaired) electrons. The lowest BCUT2D eigenvalue weighted by Crippen LogP contribution is -2.15. The van der Waals surface area contributed by atoms with Gasteiger partial charge in [0, 0.05) is 24.1 Å². The van der Waals surface area contributed by atoms with Crippen LogP contribution in [0.2, 0.25) is 0 Å². The highest BCUT2D eigenvalue weighted by Gasteiger charge is 2.18. The third kappa shape index (κ3) is 3.07. The van der Waals surface area contributed by atoms with Gasteiger partial charge in [-0.2, -0.15) is 0 Å². The van der Waals surface area contributed by atoms with E-state index in [1.807, 2.05) is 38.2 Å². The summed E-state index contributed by atoms with van der Waals surface area (Å²) in [4.78, 5) is 7.97. The Labute approximate surface area is 163 Å². The van der Waals surface area contributed by atoms with E-state index >= 15 is 0 Å². The average molecular weight is 395 g/mol. The van der Waals surface area contributed by atoms with Crippen molar-refractivity contribution in [3.8, 4) is 11.1 Å². The normalized spacial score (nSPS) is 12.1. The second kappa shape index (κ2) is 6.70. The number of pyridine rings is 1. The molecule has 3 N–H and O–H groups in total. The van der Waals surface area contributed by atoms with Crippen LogP contribution in [0.25, 0.3) is 33.1 Å². The van der Waals surface area contributed by atoms with Gasteiger partial charge < -0.3 is 9.72 Å². The van der Waals surface area contributed by atoms with Gasteiger partial charge in [0.1, 0.15) is 5.65 Å². The van der Waals surface area contributed by atoms with Crippen molar-refractivity contribution < 1.29 is 13.2 Å². The molecule has 4 aromatic rings. The molecular weight excluding hydrogens is 374 g/mol. The van der Waals surface area contributed by atoms with Gasteiger partial charge in [-0.3, -0.25) is 0 Å². The third-order valence-corrected chi connectivity index (χ3v) is 5.93. The van der Waals surface area contributed by atoms with E-state index in [0.29, 0.717) is 5.56 Å². The highest BCUT2D eigenvalue weighted by Crippen LogP contribution is 2.37. The summed E-state index contributed by atoms with van der Waals surface area (Å²) in [6.45, 7) is 4.21. The minimum absolute atomic E-state index is 0.0784. The van der Waals surface area contributed by atoms with Crippen LogP contribution in [0.4, 0.5) is 0 Å². The molecule has 2 heterocycles. The number of primary sulfonamides is 1. The first-order valence-corrected chi connectivity index (χ1v) is 10.4. The van der Waals surface area contributed by atoms with Crippen LogP contribution in [0.3, 0.4) is 0 Å². The number of sulfonamides is 1. The Hall–Kier alpha value is -2.74. The Bertz CT molecular complexity index is 1320. The van der Waals surface area contributed by atoms with Gasteiger partial charge in [-0.05, 0) is 53.8 Å². The highest BCUT2D eigenvalue weighted by molar-refractivity contribution is 7.89. The summed E-state index contributed by atoms with van der Waals surface area (Å²) in [5, 5.41) is 7.49. The highest BCUT2D eigenvalue weighted by atomic mass is 32.2. The summed E-state index contributed by atoms with van der Waals surface area (Å²) >= 11 is 0. The molecule has 0 bridgehead atoms. The Kier molecular flexibility index (Phi) is 4.45. The molecule has 0 saturated carbocycles. The molecule has 0 atom stereocenters. The number of rotatable bonds is 4. The number of ether oxygens (including phenoxy) is 1. The third-order valence-electron chi connectivity index (χ3n) is 4.94. The minimum atomic E-state index is -3.88. The van der Waals surface area contributed by atoms with E-state index in [4.69, 9.17) is 9.88 Å². The Morgan fingerprint density at radius 1 is 1.14 bits per heavy atom. The molecule has 0 amide bonds. The number of aromatic amines is 1. The summed E-state index contributed by atoms with van der Waals surface area (Å²) in [5.41, 5.74) is 6.18. The van der Waals surface area contributed by atoms with Crippen molar-refractivity contribution in [3.05, 3.63) is 59.3 Å². The topological polar surface area (TPSA) is 98.1 Å². The Morgan fingerprint density at radius 3 is 2.64 bits per heavy atom. The number of fused-ring (bicyclic) bond motifs is 3. The van der Waals surface area contributed by atoms with Gasteiger partial charge in [0.25, 0.3) is 0 Å². The fourth-order valence-corrected chi connectivity index (χ4v) is 4.41. The van der Waals surface area contributed by atoms with Crippen molar-refractivity contribution in [1.29, 1.82) is 0 Å². The van der Waals surface area contributed by atoms with Crippen LogP contribution < -0.4 is 5.14 Å². The summed E-state index contributed by atoms with van der Waals surface area (Å²) in [6.07, 6.45) is 1.82. The van der Waals surface area contributed by atoms with Crippen LogP contribution in [0.1, 0.15) is 16.7 Å². The lowest BCUT2D eigenvalue weighted by molar-refractivity contribution is 0.182. The zero-order valence-corrected chi connectivity index (χ0v) is 16.7. The van der Waals surface area contributed by atoms with Crippen LogP contribution in [0.15, 0.2) is 47.5 Å².